The van der Waals surface area contributed by atoms with E-state index in [9.17, 15) is 0 Å². The molecule has 0 radical (unpaired) electrons. The minimum absolute atomic E-state index is 1.13. The van der Waals surface area contributed by atoms with Crippen LogP contribution in [0, 0.1) is 0 Å². The molecule has 0 spiro atoms. The Bertz CT molecular complexity index is 4080. The van der Waals surface area contributed by atoms with Crippen LogP contribution in [0.15, 0.2) is 249 Å². The molecule has 0 aliphatic carbocycles. The van der Waals surface area contributed by atoms with Crippen molar-refractivity contribution in [3.63, 3.8) is 0 Å². The highest BCUT2D eigenvalue weighted by atomic mass is 15.0. The first kappa shape index (κ1) is 37.6. The van der Waals surface area contributed by atoms with Crippen molar-refractivity contribution in [3.05, 3.63) is 249 Å². The van der Waals surface area contributed by atoms with Gasteiger partial charge in [0.1, 0.15) is 0 Å². The van der Waals surface area contributed by atoms with Crippen molar-refractivity contribution in [2.45, 2.75) is 0 Å². The Balaban J connectivity index is 1.13. The average molecular weight is 848 g/mol. The highest BCUT2D eigenvalue weighted by molar-refractivity contribution is 6.29. The molecule has 0 aliphatic rings. The first-order valence-electron chi connectivity index (χ1n) is 23.3. The van der Waals surface area contributed by atoms with Gasteiger partial charge in [-0.05, 0) is 123 Å². The summed E-state index contributed by atoms with van der Waals surface area (Å²) in [5, 5.41) is 17.4. The lowest BCUT2D eigenvalue weighted by molar-refractivity contribution is 1.19. The quantitative estimate of drug-likeness (QED) is 0.152. The maximum Gasteiger partial charge on any atom is 0.0620 e. The highest BCUT2D eigenvalue weighted by Gasteiger charge is 2.24. The van der Waals surface area contributed by atoms with Gasteiger partial charge in [-0.15, -0.1) is 0 Å². The number of hydrogen-bond acceptors (Lipinski definition) is 0. The number of aromatic nitrogens is 1. The number of nitrogens with zero attached hydrogens (tertiary/aromatic N) is 1. The summed E-state index contributed by atoms with van der Waals surface area (Å²) in [7, 11) is 0. The van der Waals surface area contributed by atoms with E-state index in [0.29, 0.717) is 0 Å². The van der Waals surface area contributed by atoms with Gasteiger partial charge < -0.3 is 4.57 Å². The first-order valence-corrected chi connectivity index (χ1v) is 23.3. The molecule has 0 atom stereocenters. The molecule has 13 aromatic carbocycles. The molecule has 0 amide bonds. The zero-order chi connectivity index (χ0) is 44.0. The Morgan fingerprint density at radius 2 is 0.567 bits per heavy atom. The number of hydrogen-bond donors (Lipinski definition) is 0. The fourth-order valence-electron chi connectivity index (χ4n) is 11.5. The standard InChI is InChI=1S/C66H41N/c1-2-21-44(22-3-1)63-53-31-10-12-33-55(53)64(56-34-13-11-32-54(56)63)45-25-16-26-46(39-45)67-65-57-35-14-8-29-51(57)59(49-37-17-23-42-19-4-6-27-47(42)49)40-61(65)62-41-60(52-30-9-15-36-58(52)66(62)67)50-38-18-24-43-20-5-7-28-48(43)50/h1-41H. The van der Waals surface area contributed by atoms with Gasteiger partial charge in [0.25, 0.3) is 0 Å². The van der Waals surface area contributed by atoms with E-state index in [0.717, 1.165) is 5.69 Å². The molecule has 1 heterocycles. The zero-order valence-electron chi connectivity index (χ0n) is 36.6. The van der Waals surface area contributed by atoms with E-state index in [-0.39, 0.29) is 0 Å². The molecule has 1 aromatic heterocycles. The lowest BCUT2D eigenvalue weighted by Crippen LogP contribution is -1.97. The molecule has 14 aromatic rings. The normalized spacial score (nSPS) is 11.9. The van der Waals surface area contributed by atoms with Crippen LogP contribution in [0.1, 0.15) is 0 Å². The molecule has 1 heteroatoms. The summed E-state index contributed by atoms with van der Waals surface area (Å²) < 4.78 is 2.58. The lowest BCUT2D eigenvalue weighted by Gasteiger charge is -2.19. The van der Waals surface area contributed by atoms with Gasteiger partial charge in [-0.1, -0.05) is 224 Å². The largest absolute Gasteiger partial charge is 0.308 e. The molecule has 0 N–H and O–H groups in total. The zero-order valence-corrected chi connectivity index (χ0v) is 36.6. The van der Waals surface area contributed by atoms with Crippen molar-refractivity contribution in [2.24, 2.45) is 0 Å². The summed E-state index contributed by atoms with van der Waals surface area (Å²) in [4.78, 5) is 0. The third-order valence-corrected chi connectivity index (χ3v) is 14.3. The van der Waals surface area contributed by atoms with Gasteiger partial charge in [-0.25, -0.2) is 0 Å². The lowest BCUT2D eigenvalue weighted by atomic mass is 9.86. The number of fused-ring (bicyclic) bond motifs is 11. The van der Waals surface area contributed by atoms with Crippen LogP contribution in [0.5, 0.6) is 0 Å². The van der Waals surface area contributed by atoms with E-state index in [4.69, 9.17) is 0 Å². The van der Waals surface area contributed by atoms with Gasteiger partial charge in [0.2, 0.25) is 0 Å². The summed E-state index contributed by atoms with van der Waals surface area (Å²) in [5.74, 6) is 0. The van der Waals surface area contributed by atoms with Crippen molar-refractivity contribution in [3.8, 4) is 50.2 Å². The third kappa shape index (κ3) is 5.68. The second-order valence-electron chi connectivity index (χ2n) is 17.9. The Morgan fingerprint density at radius 3 is 1.06 bits per heavy atom. The Kier molecular flexibility index (Phi) is 8.35. The molecule has 0 fully saturated rings. The van der Waals surface area contributed by atoms with Crippen molar-refractivity contribution in [2.75, 3.05) is 0 Å². The molecule has 310 valence electrons. The molecule has 0 saturated carbocycles. The molecule has 0 bridgehead atoms. The van der Waals surface area contributed by atoms with Gasteiger partial charge in [0.15, 0.2) is 0 Å². The van der Waals surface area contributed by atoms with Crippen molar-refractivity contribution in [1.29, 1.82) is 0 Å². The van der Waals surface area contributed by atoms with Gasteiger partial charge >= 0.3 is 0 Å². The summed E-state index contributed by atoms with van der Waals surface area (Å²) in [5.41, 5.74) is 13.5. The Labute approximate surface area is 388 Å². The SMILES string of the molecule is c1ccc(-c2c3ccccc3c(-c3cccc(-n4c5c6ccccc6c(-c6cccc7ccccc67)cc5c5cc(-c6cccc7ccccc67)c6ccccc6c54)c3)c3ccccc23)cc1. The molecule has 0 aliphatic heterocycles. The molecule has 0 saturated heterocycles. The van der Waals surface area contributed by atoms with E-state index in [1.54, 1.807) is 0 Å². The molecular weight excluding hydrogens is 807 g/mol. The summed E-state index contributed by atoms with van der Waals surface area (Å²) >= 11 is 0. The molecule has 0 unspecified atom stereocenters. The topological polar surface area (TPSA) is 4.93 Å². The summed E-state index contributed by atoms with van der Waals surface area (Å²) in [6, 6.07) is 92.3. The minimum Gasteiger partial charge on any atom is -0.308 e. The van der Waals surface area contributed by atoms with Gasteiger partial charge in [0.05, 0.1) is 11.0 Å². The number of benzene rings is 13. The predicted octanol–water partition coefficient (Wildman–Crippen LogP) is 18.4. The number of rotatable bonds is 5. The summed E-state index contributed by atoms with van der Waals surface area (Å²) in [6.45, 7) is 0. The fraction of sp³-hybridized carbons (Fsp3) is 0. The van der Waals surface area contributed by atoms with Crippen molar-refractivity contribution >= 4 is 86.4 Å². The fourth-order valence-corrected chi connectivity index (χ4v) is 11.5. The first-order chi connectivity index (χ1) is 33.3. The van der Waals surface area contributed by atoms with Crippen LogP contribution in [-0.4, -0.2) is 4.57 Å². The van der Waals surface area contributed by atoms with Crippen LogP contribution in [-0.2, 0) is 0 Å². The van der Waals surface area contributed by atoms with Crippen LogP contribution in [0.2, 0.25) is 0 Å². The van der Waals surface area contributed by atoms with E-state index >= 15 is 0 Å². The monoisotopic (exact) mass is 847 g/mol. The van der Waals surface area contributed by atoms with Crippen molar-refractivity contribution < 1.29 is 0 Å². The Morgan fingerprint density at radius 1 is 0.209 bits per heavy atom. The van der Waals surface area contributed by atoms with Crippen LogP contribution >= 0.6 is 0 Å². The molecule has 67 heavy (non-hydrogen) atoms. The second kappa shape index (κ2) is 14.9. The van der Waals surface area contributed by atoms with Gasteiger partial charge in [-0.2, -0.15) is 0 Å². The van der Waals surface area contributed by atoms with Crippen LogP contribution in [0.4, 0.5) is 0 Å². The summed E-state index contributed by atoms with van der Waals surface area (Å²) in [6.07, 6.45) is 0. The molecule has 1 nitrogen and oxygen atoms in total. The van der Waals surface area contributed by atoms with E-state index in [2.05, 4.69) is 253 Å². The van der Waals surface area contributed by atoms with E-state index in [1.807, 2.05) is 0 Å². The molecule has 14 rings (SSSR count). The smallest absolute Gasteiger partial charge is 0.0620 e. The maximum atomic E-state index is 2.58. The maximum absolute atomic E-state index is 2.58. The third-order valence-electron chi connectivity index (χ3n) is 14.3. The average Bonchev–Trinajstić information content (AvgIpc) is 3.74. The highest BCUT2D eigenvalue weighted by Crippen LogP contribution is 2.49. The second-order valence-corrected chi connectivity index (χ2v) is 17.9. The predicted molar refractivity (Wildman–Crippen MR) is 288 cm³/mol. The van der Waals surface area contributed by atoms with Crippen molar-refractivity contribution in [1.82, 2.24) is 4.57 Å². The minimum atomic E-state index is 1.13. The molecular formula is C66H41N. The van der Waals surface area contributed by atoms with E-state index < -0.39 is 0 Å². The van der Waals surface area contributed by atoms with Crippen LogP contribution in [0.25, 0.3) is 137 Å². The Hall–Kier alpha value is -8.78. The van der Waals surface area contributed by atoms with Gasteiger partial charge in [0, 0.05) is 27.2 Å². The van der Waals surface area contributed by atoms with Crippen LogP contribution < -0.4 is 0 Å². The van der Waals surface area contributed by atoms with E-state index in [1.165, 1.54) is 131 Å². The van der Waals surface area contributed by atoms with Crippen LogP contribution in [0.3, 0.4) is 0 Å². The van der Waals surface area contributed by atoms with Gasteiger partial charge in [-0.3, -0.25) is 0 Å².